The van der Waals surface area contributed by atoms with Crippen LogP contribution in [0.3, 0.4) is 0 Å². The fourth-order valence-electron chi connectivity index (χ4n) is 2.96. The first kappa shape index (κ1) is 24.0. The largest absolute Gasteiger partial charge is 0.443 e. The Morgan fingerprint density at radius 3 is 2.45 bits per heavy atom. The van der Waals surface area contributed by atoms with E-state index in [2.05, 4.69) is 26.0 Å². The van der Waals surface area contributed by atoms with Gasteiger partial charge in [0.1, 0.15) is 24.1 Å². The van der Waals surface area contributed by atoms with E-state index in [1.807, 2.05) is 30.3 Å². The molecule has 0 saturated carbocycles. The average molecular weight is 454 g/mol. The minimum atomic E-state index is -0.794. The van der Waals surface area contributed by atoms with Crippen molar-refractivity contribution in [3.8, 4) is 0 Å². The number of benzene rings is 1. The van der Waals surface area contributed by atoms with Crippen molar-refractivity contribution in [2.45, 2.75) is 45.9 Å². The summed E-state index contributed by atoms with van der Waals surface area (Å²) in [5, 5.41) is 11.7. The van der Waals surface area contributed by atoms with Gasteiger partial charge in [-0.2, -0.15) is 10.4 Å². The molecule has 1 aromatic carbocycles. The molecule has 0 aliphatic carbocycles. The number of tetrazole rings is 1. The van der Waals surface area contributed by atoms with Gasteiger partial charge in [0, 0.05) is 14.0 Å². The minimum Gasteiger partial charge on any atom is -0.443 e. The van der Waals surface area contributed by atoms with Crippen molar-refractivity contribution in [2.75, 3.05) is 4.90 Å². The summed E-state index contributed by atoms with van der Waals surface area (Å²) < 4.78 is 6.89. The highest BCUT2D eigenvalue weighted by Gasteiger charge is 2.27. The third kappa shape index (κ3) is 6.40. The first-order valence-electron chi connectivity index (χ1n) is 10.3. The Hall–Kier alpha value is -3.70. The number of carbonyl (C=O) groups excluding carboxylic acids is 2. The Bertz CT molecular complexity index is 1100. The maximum Gasteiger partial charge on any atom is 0.422 e. The summed E-state index contributed by atoms with van der Waals surface area (Å²) in [6.45, 7) is 6.51. The molecule has 3 rings (SSSR count). The number of aromatic nitrogens is 5. The molecule has 0 radical (unpaired) electrons. The molecular weight excluding hydrogens is 426 g/mol. The molecule has 0 aliphatic rings. The van der Waals surface area contributed by atoms with Gasteiger partial charge < -0.3 is 4.74 Å². The smallest absolute Gasteiger partial charge is 0.422 e. The van der Waals surface area contributed by atoms with Crippen molar-refractivity contribution in [3.05, 3.63) is 65.6 Å². The third-order valence-electron chi connectivity index (χ3n) is 4.38. The molecule has 11 nitrogen and oxygen atoms in total. The molecular formula is C22H27N7O4. The van der Waals surface area contributed by atoms with Crippen LogP contribution in [0, 0.1) is 0 Å². The fraction of sp³-hybridized carbons (Fsp3) is 0.364. The molecule has 1 atom stereocenters. The fourth-order valence-corrected chi connectivity index (χ4v) is 2.96. The van der Waals surface area contributed by atoms with Gasteiger partial charge in [0.2, 0.25) is 5.91 Å². The van der Waals surface area contributed by atoms with Crippen LogP contribution >= 0.6 is 0 Å². The molecule has 0 fully saturated rings. The summed E-state index contributed by atoms with van der Waals surface area (Å²) in [5.74, 6) is 0.206. The molecule has 0 bridgehead atoms. The molecule has 1 N–H and O–H groups in total. The van der Waals surface area contributed by atoms with Gasteiger partial charge in [-0.3, -0.25) is 9.63 Å². The van der Waals surface area contributed by atoms with Gasteiger partial charge in [-0.15, -0.1) is 5.10 Å². The number of carbonyl (C=O) groups is 2. The van der Waals surface area contributed by atoms with Crippen molar-refractivity contribution in [3.63, 3.8) is 0 Å². The van der Waals surface area contributed by atoms with Crippen LogP contribution in [0.25, 0.3) is 0 Å². The highest BCUT2D eigenvalue weighted by atomic mass is 16.6. The van der Waals surface area contributed by atoms with Gasteiger partial charge in [-0.1, -0.05) is 36.4 Å². The maximum atomic E-state index is 12.5. The third-order valence-corrected chi connectivity index (χ3v) is 4.38. The number of ether oxygens (including phenoxy) is 1. The van der Waals surface area contributed by atoms with E-state index in [4.69, 9.17) is 9.57 Å². The number of hydrogen-bond donors (Lipinski definition) is 1. The second-order valence-corrected chi connectivity index (χ2v) is 8.23. The predicted octanol–water partition coefficient (Wildman–Crippen LogP) is 2.70. The van der Waals surface area contributed by atoms with Crippen LogP contribution in [-0.4, -0.2) is 42.8 Å². The predicted molar refractivity (Wildman–Crippen MR) is 119 cm³/mol. The molecule has 3 aromatic rings. The minimum absolute atomic E-state index is 0.0581. The number of nitrogens with zero attached hydrogens (tertiary/aromatic N) is 6. The Labute approximate surface area is 191 Å². The molecule has 2 heterocycles. The topological polar surface area (TPSA) is 124 Å². The average Bonchev–Trinajstić information content (AvgIpc) is 3.16. The molecule has 0 spiro atoms. The van der Waals surface area contributed by atoms with Crippen LogP contribution < -0.4 is 10.4 Å². The highest BCUT2D eigenvalue weighted by Crippen LogP contribution is 2.20. The first-order valence-corrected chi connectivity index (χ1v) is 10.3. The van der Waals surface area contributed by atoms with Crippen molar-refractivity contribution >= 4 is 17.8 Å². The molecule has 2 aromatic heterocycles. The van der Waals surface area contributed by atoms with E-state index >= 15 is 0 Å². The zero-order chi connectivity index (χ0) is 24.0. The van der Waals surface area contributed by atoms with Crippen LogP contribution in [0.2, 0.25) is 0 Å². The summed E-state index contributed by atoms with van der Waals surface area (Å²) >= 11 is 0. The molecule has 174 valence electrons. The zero-order valence-corrected chi connectivity index (χ0v) is 19.2. The second kappa shape index (κ2) is 10.3. The lowest BCUT2D eigenvalue weighted by Gasteiger charge is -2.25. The normalized spacial score (nSPS) is 12.3. The summed E-state index contributed by atoms with van der Waals surface area (Å²) in [4.78, 5) is 35.6. The summed E-state index contributed by atoms with van der Waals surface area (Å²) in [6, 6.07) is 14.1. The van der Waals surface area contributed by atoms with Gasteiger partial charge >= 0.3 is 6.09 Å². The Morgan fingerprint density at radius 2 is 1.85 bits per heavy atom. The van der Waals surface area contributed by atoms with E-state index in [9.17, 15) is 9.59 Å². The lowest BCUT2D eigenvalue weighted by Crippen LogP contribution is -2.40. The second-order valence-electron chi connectivity index (χ2n) is 8.23. The number of amides is 2. The standard InChI is InChI=1S/C22H27N7O4/c1-15(30)29(21(31)33-22(2,3)4)18-13-9-12-17(23-18)14-32-25-19(16-10-7-6-8-11-16)20-24-26-27-28(20)5/h6-13,19,25H,14H2,1-5H3. The Balaban J connectivity index is 1.74. The van der Waals surface area contributed by atoms with Crippen molar-refractivity contribution in [1.29, 1.82) is 0 Å². The number of hydrogen-bond acceptors (Lipinski definition) is 9. The highest BCUT2D eigenvalue weighted by molar-refractivity contribution is 6.10. The number of aryl methyl sites for hydroxylation is 1. The van der Waals surface area contributed by atoms with Gasteiger partial charge in [-0.25, -0.2) is 14.5 Å². The van der Waals surface area contributed by atoms with Crippen molar-refractivity contribution < 1.29 is 19.2 Å². The van der Waals surface area contributed by atoms with E-state index in [0.29, 0.717) is 11.5 Å². The number of imide groups is 1. The Morgan fingerprint density at radius 1 is 1.12 bits per heavy atom. The maximum absolute atomic E-state index is 12.5. The van der Waals surface area contributed by atoms with Crippen LogP contribution in [0.15, 0.2) is 48.5 Å². The lowest BCUT2D eigenvalue weighted by molar-refractivity contribution is -0.116. The van der Waals surface area contributed by atoms with Crippen molar-refractivity contribution in [1.82, 2.24) is 30.7 Å². The van der Waals surface area contributed by atoms with Crippen LogP contribution in [0.1, 0.15) is 50.8 Å². The Kier molecular flexibility index (Phi) is 7.46. The van der Waals surface area contributed by atoms with E-state index in [1.54, 1.807) is 50.7 Å². The quantitative estimate of drug-likeness (QED) is 0.538. The number of hydroxylamine groups is 1. The molecule has 0 aliphatic heterocycles. The number of rotatable bonds is 7. The van der Waals surface area contributed by atoms with Crippen LogP contribution in [-0.2, 0) is 28.0 Å². The number of anilines is 1. The number of nitrogens with one attached hydrogen (secondary N) is 1. The first-order chi connectivity index (χ1) is 15.7. The van der Waals surface area contributed by atoms with Gasteiger partial charge in [-0.05, 0) is 48.9 Å². The summed E-state index contributed by atoms with van der Waals surface area (Å²) in [7, 11) is 1.74. The SMILES string of the molecule is CC(=O)N(C(=O)OC(C)(C)C)c1cccc(CONC(c2ccccc2)c2nnnn2C)n1. The molecule has 33 heavy (non-hydrogen) atoms. The van der Waals surface area contributed by atoms with Crippen molar-refractivity contribution in [2.24, 2.45) is 7.05 Å². The number of pyridine rings is 1. The summed E-state index contributed by atoms with van der Waals surface area (Å²) in [6.07, 6.45) is -0.794. The van der Waals surface area contributed by atoms with Gasteiger partial charge in [0.25, 0.3) is 0 Å². The molecule has 1 unspecified atom stereocenters. The summed E-state index contributed by atoms with van der Waals surface area (Å²) in [5.41, 5.74) is 3.63. The molecule has 11 heteroatoms. The molecule has 2 amide bonds. The van der Waals surface area contributed by atoms with Crippen LogP contribution in [0.4, 0.5) is 10.6 Å². The van der Waals surface area contributed by atoms with E-state index < -0.39 is 23.6 Å². The van der Waals surface area contributed by atoms with E-state index in [0.717, 1.165) is 10.5 Å². The zero-order valence-electron chi connectivity index (χ0n) is 19.2. The van der Waals surface area contributed by atoms with Crippen LogP contribution in [0.5, 0.6) is 0 Å². The van der Waals surface area contributed by atoms with E-state index in [1.165, 1.54) is 6.92 Å². The van der Waals surface area contributed by atoms with E-state index in [-0.39, 0.29) is 12.4 Å². The van der Waals surface area contributed by atoms with Gasteiger partial charge in [0.15, 0.2) is 5.82 Å². The lowest BCUT2D eigenvalue weighted by atomic mass is 10.1. The molecule has 0 saturated heterocycles. The monoisotopic (exact) mass is 453 g/mol. The van der Waals surface area contributed by atoms with Gasteiger partial charge in [0.05, 0.1) is 5.69 Å².